The van der Waals surface area contributed by atoms with Gasteiger partial charge in [0.25, 0.3) is 5.91 Å². The number of aromatic nitrogens is 2. The Morgan fingerprint density at radius 1 is 1.44 bits per heavy atom. The number of nitrogens with zero attached hydrogens (tertiary/aromatic N) is 3. The number of hydrogen-bond donors (Lipinski definition) is 0. The van der Waals surface area contributed by atoms with E-state index in [2.05, 4.69) is 10.1 Å². The molecule has 0 aromatic carbocycles. The molecule has 4 heterocycles. The molecule has 1 atom stereocenters. The van der Waals surface area contributed by atoms with Crippen LogP contribution in [0.3, 0.4) is 0 Å². The number of carbonyl (C=O) groups is 1. The Morgan fingerprint density at radius 2 is 2.28 bits per heavy atom. The number of thioether (sulfide) groups is 1. The molecule has 1 amide bonds. The van der Waals surface area contributed by atoms with Gasteiger partial charge < -0.3 is 14.2 Å². The van der Waals surface area contributed by atoms with Gasteiger partial charge >= 0.3 is 0 Å². The SMILES string of the molecule is Cc1noc(C)c1C(=O)N1CC2(C[C@H](OCc3ccccn3)CS2)C1. The van der Waals surface area contributed by atoms with E-state index in [1.807, 2.05) is 41.8 Å². The van der Waals surface area contributed by atoms with Gasteiger partial charge in [-0.1, -0.05) is 11.2 Å². The Hall–Kier alpha value is -1.86. The third kappa shape index (κ3) is 3.18. The number of aryl methyl sites for hydroxylation is 2. The Labute approximate surface area is 150 Å². The minimum atomic E-state index is 0.0281. The fourth-order valence-electron chi connectivity index (χ4n) is 3.56. The van der Waals surface area contributed by atoms with E-state index in [9.17, 15) is 4.79 Å². The van der Waals surface area contributed by atoms with Crippen molar-refractivity contribution in [3.8, 4) is 0 Å². The van der Waals surface area contributed by atoms with E-state index >= 15 is 0 Å². The van der Waals surface area contributed by atoms with Crippen molar-refractivity contribution in [2.45, 2.75) is 37.7 Å². The standard InChI is InChI=1S/C18H21N3O3S/c1-12-16(13(2)24-20-12)17(22)21-10-18(11-21)7-15(9-25-18)23-8-14-5-3-4-6-19-14/h3-6,15H,7-11H2,1-2H3/t15-/m0/s1. The molecule has 0 saturated carbocycles. The van der Waals surface area contributed by atoms with Crippen LogP contribution in [0.25, 0.3) is 0 Å². The minimum absolute atomic E-state index is 0.0281. The molecule has 0 aliphatic carbocycles. The molecule has 0 N–H and O–H groups in total. The fourth-order valence-corrected chi connectivity index (χ4v) is 5.11. The number of likely N-dealkylation sites (tertiary alicyclic amines) is 1. The van der Waals surface area contributed by atoms with Gasteiger partial charge in [-0.3, -0.25) is 9.78 Å². The van der Waals surface area contributed by atoms with Crippen molar-refractivity contribution in [3.05, 3.63) is 47.1 Å². The highest BCUT2D eigenvalue weighted by Crippen LogP contribution is 2.46. The summed E-state index contributed by atoms with van der Waals surface area (Å²) in [5, 5.41) is 3.88. The van der Waals surface area contributed by atoms with E-state index in [1.165, 1.54) is 0 Å². The van der Waals surface area contributed by atoms with Gasteiger partial charge in [0, 0.05) is 25.0 Å². The molecule has 0 unspecified atom stereocenters. The lowest BCUT2D eigenvalue weighted by Crippen LogP contribution is -2.60. The zero-order valence-corrected chi connectivity index (χ0v) is 15.2. The maximum atomic E-state index is 12.6. The third-order valence-corrected chi connectivity index (χ3v) is 6.44. The van der Waals surface area contributed by atoms with Gasteiger partial charge in [-0.05, 0) is 32.4 Å². The summed E-state index contributed by atoms with van der Waals surface area (Å²) in [5.41, 5.74) is 2.23. The van der Waals surface area contributed by atoms with Gasteiger partial charge in [0.15, 0.2) is 0 Å². The summed E-state index contributed by atoms with van der Waals surface area (Å²) in [7, 11) is 0. The smallest absolute Gasteiger partial charge is 0.259 e. The van der Waals surface area contributed by atoms with Crippen LogP contribution in [0, 0.1) is 13.8 Å². The quantitative estimate of drug-likeness (QED) is 0.836. The lowest BCUT2D eigenvalue weighted by Gasteiger charge is -2.47. The Kier molecular flexibility index (Phi) is 4.29. The number of hydrogen-bond acceptors (Lipinski definition) is 6. The number of amides is 1. The first kappa shape index (κ1) is 16.6. The Morgan fingerprint density at radius 3 is 2.96 bits per heavy atom. The highest BCUT2D eigenvalue weighted by molar-refractivity contribution is 8.01. The summed E-state index contributed by atoms with van der Waals surface area (Å²) in [5.74, 6) is 1.60. The van der Waals surface area contributed by atoms with E-state index < -0.39 is 0 Å². The molecule has 2 fully saturated rings. The molecule has 2 aliphatic rings. The van der Waals surface area contributed by atoms with Crippen LogP contribution >= 0.6 is 11.8 Å². The second-order valence-corrected chi connectivity index (χ2v) is 8.30. The summed E-state index contributed by atoms with van der Waals surface area (Å²) in [6.07, 6.45) is 2.99. The van der Waals surface area contributed by atoms with Gasteiger partial charge in [-0.15, -0.1) is 11.8 Å². The minimum Gasteiger partial charge on any atom is -0.371 e. The third-order valence-electron chi connectivity index (χ3n) is 4.86. The second-order valence-electron chi connectivity index (χ2n) is 6.81. The zero-order chi connectivity index (χ0) is 17.4. The highest BCUT2D eigenvalue weighted by atomic mass is 32.2. The first-order valence-electron chi connectivity index (χ1n) is 8.44. The van der Waals surface area contributed by atoms with Gasteiger partial charge in [0.1, 0.15) is 11.3 Å². The summed E-state index contributed by atoms with van der Waals surface area (Å²) in [6, 6.07) is 5.86. The number of pyridine rings is 1. The largest absolute Gasteiger partial charge is 0.371 e. The van der Waals surface area contributed by atoms with Crippen LogP contribution < -0.4 is 0 Å². The van der Waals surface area contributed by atoms with Crippen LogP contribution in [0.15, 0.2) is 28.9 Å². The first-order valence-corrected chi connectivity index (χ1v) is 9.42. The van der Waals surface area contributed by atoms with Gasteiger partial charge in [-0.25, -0.2) is 0 Å². The lowest BCUT2D eigenvalue weighted by atomic mass is 9.92. The number of ether oxygens (including phenoxy) is 1. The molecule has 7 heteroatoms. The predicted molar refractivity (Wildman–Crippen MR) is 94.5 cm³/mol. The molecule has 6 nitrogen and oxygen atoms in total. The summed E-state index contributed by atoms with van der Waals surface area (Å²) >= 11 is 1.92. The average molecular weight is 359 g/mol. The van der Waals surface area contributed by atoms with E-state index in [1.54, 1.807) is 13.1 Å². The van der Waals surface area contributed by atoms with Crippen LogP contribution in [0.2, 0.25) is 0 Å². The molecule has 132 valence electrons. The van der Waals surface area contributed by atoms with Crippen molar-refractivity contribution in [2.75, 3.05) is 18.8 Å². The second kappa shape index (κ2) is 6.46. The van der Waals surface area contributed by atoms with Crippen molar-refractivity contribution >= 4 is 17.7 Å². The van der Waals surface area contributed by atoms with Crippen molar-refractivity contribution in [2.24, 2.45) is 0 Å². The lowest BCUT2D eigenvalue weighted by molar-refractivity contribution is 0.0244. The molecule has 25 heavy (non-hydrogen) atoms. The molecular formula is C18H21N3O3S. The monoisotopic (exact) mass is 359 g/mol. The van der Waals surface area contributed by atoms with Crippen molar-refractivity contribution in [1.82, 2.24) is 15.0 Å². The van der Waals surface area contributed by atoms with Crippen LogP contribution in [0.5, 0.6) is 0 Å². The molecule has 0 bridgehead atoms. The zero-order valence-electron chi connectivity index (χ0n) is 14.4. The van der Waals surface area contributed by atoms with Crippen molar-refractivity contribution in [3.63, 3.8) is 0 Å². The van der Waals surface area contributed by atoms with E-state index in [0.717, 1.165) is 31.0 Å². The van der Waals surface area contributed by atoms with Crippen LogP contribution in [-0.2, 0) is 11.3 Å². The summed E-state index contributed by atoms with van der Waals surface area (Å²) in [6.45, 7) is 5.68. The van der Waals surface area contributed by atoms with E-state index in [-0.39, 0.29) is 16.8 Å². The maximum absolute atomic E-state index is 12.6. The highest BCUT2D eigenvalue weighted by Gasteiger charge is 2.51. The average Bonchev–Trinajstić information content (AvgIpc) is 3.16. The maximum Gasteiger partial charge on any atom is 0.259 e. The molecule has 1 spiro atoms. The van der Waals surface area contributed by atoms with Gasteiger partial charge in [0.2, 0.25) is 0 Å². The summed E-state index contributed by atoms with van der Waals surface area (Å²) < 4.78 is 11.3. The molecule has 2 aliphatic heterocycles. The summed E-state index contributed by atoms with van der Waals surface area (Å²) in [4.78, 5) is 18.8. The topological polar surface area (TPSA) is 68.5 Å². The molecular weight excluding hydrogens is 338 g/mol. The van der Waals surface area contributed by atoms with E-state index in [0.29, 0.717) is 23.6 Å². The predicted octanol–water partition coefficient (Wildman–Crippen LogP) is 2.60. The van der Waals surface area contributed by atoms with Gasteiger partial charge in [0.05, 0.1) is 28.8 Å². The molecule has 4 rings (SSSR count). The first-order chi connectivity index (χ1) is 12.1. The Bertz CT molecular complexity index is 752. The van der Waals surface area contributed by atoms with Crippen LogP contribution in [0.1, 0.15) is 33.9 Å². The van der Waals surface area contributed by atoms with Crippen molar-refractivity contribution in [1.29, 1.82) is 0 Å². The number of carbonyl (C=O) groups excluding carboxylic acids is 1. The van der Waals surface area contributed by atoms with Crippen LogP contribution in [-0.4, -0.2) is 50.6 Å². The number of rotatable bonds is 4. The molecule has 2 aromatic heterocycles. The van der Waals surface area contributed by atoms with Crippen molar-refractivity contribution < 1.29 is 14.1 Å². The van der Waals surface area contributed by atoms with Gasteiger partial charge in [-0.2, -0.15) is 0 Å². The normalized spacial score (nSPS) is 21.5. The fraction of sp³-hybridized carbons (Fsp3) is 0.500. The molecule has 2 saturated heterocycles. The van der Waals surface area contributed by atoms with Crippen LogP contribution in [0.4, 0.5) is 0 Å². The molecule has 2 aromatic rings. The van der Waals surface area contributed by atoms with E-state index in [4.69, 9.17) is 9.26 Å². The Balaban J connectivity index is 1.31. The molecule has 0 radical (unpaired) electrons.